The molecule has 1 fully saturated rings. The van der Waals surface area contributed by atoms with Gasteiger partial charge in [-0.1, -0.05) is 43.3 Å². The van der Waals surface area contributed by atoms with Crippen molar-refractivity contribution >= 4 is 0 Å². The third-order valence-electron chi connectivity index (χ3n) is 5.06. The summed E-state index contributed by atoms with van der Waals surface area (Å²) in [6, 6.07) is 14.7. The van der Waals surface area contributed by atoms with Gasteiger partial charge in [-0.05, 0) is 55.8 Å². The summed E-state index contributed by atoms with van der Waals surface area (Å²) in [6.45, 7) is 5.31. The highest BCUT2D eigenvalue weighted by atomic mass is 16.1. The molecule has 0 spiro atoms. The Kier molecular flexibility index (Phi) is 5.29. The van der Waals surface area contributed by atoms with Gasteiger partial charge in [0.2, 0.25) is 0 Å². The van der Waals surface area contributed by atoms with Gasteiger partial charge in [0.05, 0.1) is 0 Å². The van der Waals surface area contributed by atoms with E-state index in [9.17, 15) is 4.79 Å². The van der Waals surface area contributed by atoms with Gasteiger partial charge >= 0.3 is 0 Å². The maximum Gasteiger partial charge on any atom is 0.252 e. The second-order valence-corrected chi connectivity index (χ2v) is 6.79. The average molecular weight is 310 g/mol. The lowest BCUT2D eigenvalue weighted by molar-refractivity contribution is 0.168. The summed E-state index contributed by atoms with van der Waals surface area (Å²) in [7, 11) is 0. The van der Waals surface area contributed by atoms with E-state index >= 15 is 0 Å². The minimum absolute atomic E-state index is 0.0484. The number of nitrogens with one attached hydrogen (secondary N) is 1. The van der Waals surface area contributed by atoms with Crippen molar-refractivity contribution in [1.29, 1.82) is 0 Å². The van der Waals surface area contributed by atoms with Crippen molar-refractivity contribution in [3.05, 3.63) is 70.1 Å². The lowest BCUT2D eigenvalue weighted by atomic mass is 9.85. The molecule has 0 bridgehead atoms. The van der Waals surface area contributed by atoms with E-state index in [0.29, 0.717) is 5.92 Å². The number of aromatic nitrogens is 1. The molecule has 1 aromatic carbocycles. The minimum Gasteiger partial charge on any atom is -0.329 e. The second-order valence-electron chi connectivity index (χ2n) is 6.79. The van der Waals surface area contributed by atoms with E-state index < -0.39 is 0 Å². The number of benzene rings is 1. The summed E-state index contributed by atoms with van der Waals surface area (Å²) in [5.74, 6) is 1.43. The molecule has 0 amide bonds. The Morgan fingerprint density at radius 2 is 1.87 bits per heavy atom. The Bertz CT molecular complexity index is 657. The molecule has 0 saturated carbocycles. The lowest BCUT2D eigenvalue weighted by Crippen LogP contribution is -2.35. The Balaban J connectivity index is 1.49. The van der Waals surface area contributed by atoms with Crippen LogP contribution in [0.5, 0.6) is 0 Å². The Morgan fingerprint density at radius 1 is 1.13 bits per heavy atom. The van der Waals surface area contributed by atoms with Crippen LogP contribution in [0.25, 0.3) is 0 Å². The zero-order valence-electron chi connectivity index (χ0n) is 13.9. The highest BCUT2D eigenvalue weighted by Crippen LogP contribution is 2.29. The lowest BCUT2D eigenvalue weighted by Gasteiger charge is -2.33. The molecule has 23 heavy (non-hydrogen) atoms. The molecule has 1 saturated heterocycles. The number of pyridine rings is 1. The summed E-state index contributed by atoms with van der Waals surface area (Å²) in [4.78, 5) is 16.9. The SMILES string of the molecule is CC(CC1CCN(Cc2ccc[nH]c2=O)CC1)c1ccccc1. The molecule has 3 nitrogen and oxygen atoms in total. The van der Waals surface area contributed by atoms with E-state index in [1.165, 1.54) is 24.8 Å². The molecule has 1 aliphatic rings. The normalized spacial score (nSPS) is 18.0. The van der Waals surface area contributed by atoms with Crippen molar-refractivity contribution in [1.82, 2.24) is 9.88 Å². The second kappa shape index (κ2) is 7.60. The highest BCUT2D eigenvalue weighted by molar-refractivity contribution is 5.18. The van der Waals surface area contributed by atoms with Gasteiger partial charge in [0.25, 0.3) is 5.56 Å². The predicted octanol–water partition coefficient (Wildman–Crippen LogP) is 3.78. The maximum absolute atomic E-state index is 11.8. The number of H-pyrrole nitrogens is 1. The molecule has 1 aromatic heterocycles. The van der Waals surface area contributed by atoms with Gasteiger partial charge in [-0.15, -0.1) is 0 Å². The van der Waals surface area contributed by atoms with Crippen molar-refractivity contribution in [2.45, 2.75) is 38.6 Å². The van der Waals surface area contributed by atoms with Gasteiger partial charge in [0, 0.05) is 18.3 Å². The van der Waals surface area contributed by atoms with Crippen LogP contribution in [0, 0.1) is 5.92 Å². The highest BCUT2D eigenvalue weighted by Gasteiger charge is 2.22. The van der Waals surface area contributed by atoms with Crippen molar-refractivity contribution in [2.75, 3.05) is 13.1 Å². The Labute approximate surface area is 138 Å². The average Bonchev–Trinajstić information content (AvgIpc) is 2.59. The first-order valence-electron chi connectivity index (χ1n) is 8.66. The fraction of sp³-hybridized carbons (Fsp3) is 0.450. The van der Waals surface area contributed by atoms with Crippen molar-refractivity contribution in [3.63, 3.8) is 0 Å². The van der Waals surface area contributed by atoms with E-state index in [2.05, 4.69) is 47.1 Å². The summed E-state index contributed by atoms with van der Waals surface area (Å²) in [6.07, 6.45) is 5.44. The molecule has 3 heteroatoms. The van der Waals surface area contributed by atoms with Gasteiger partial charge in [0.15, 0.2) is 0 Å². The molecule has 1 N–H and O–H groups in total. The number of aromatic amines is 1. The van der Waals surface area contributed by atoms with Gasteiger partial charge in [-0.2, -0.15) is 0 Å². The minimum atomic E-state index is 0.0484. The fourth-order valence-corrected chi connectivity index (χ4v) is 3.62. The number of nitrogens with zero attached hydrogens (tertiary/aromatic N) is 1. The Morgan fingerprint density at radius 3 is 2.57 bits per heavy atom. The van der Waals surface area contributed by atoms with Crippen LogP contribution in [-0.4, -0.2) is 23.0 Å². The number of hydrogen-bond acceptors (Lipinski definition) is 2. The molecular formula is C20H26N2O. The number of piperidine rings is 1. The smallest absolute Gasteiger partial charge is 0.252 e. The molecule has 3 rings (SSSR count). The quantitative estimate of drug-likeness (QED) is 0.912. The molecule has 2 aromatic rings. The van der Waals surface area contributed by atoms with Crippen molar-refractivity contribution < 1.29 is 0 Å². The van der Waals surface area contributed by atoms with Crippen LogP contribution >= 0.6 is 0 Å². The standard InChI is InChI=1S/C20H26N2O/c1-16(18-6-3-2-4-7-18)14-17-9-12-22(13-10-17)15-19-8-5-11-21-20(19)23/h2-8,11,16-17H,9-10,12-15H2,1H3,(H,21,23). The van der Waals surface area contributed by atoms with Crippen LogP contribution in [-0.2, 0) is 6.54 Å². The summed E-state index contributed by atoms with van der Waals surface area (Å²) >= 11 is 0. The van der Waals surface area contributed by atoms with Crippen LogP contribution in [0.3, 0.4) is 0 Å². The van der Waals surface area contributed by atoms with Crippen molar-refractivity contribution in [3.8, 4) is 0 Å². The monoisotopic (exact) mass is 310 g/mol. The van der Waals surface area contributed by atoms with E-state index in [1.54, 1.807) is 6.20 Å². The first kappa shape index (κ1) is 16.0. The number of hydrogen-bond donors (Lipinski definition) is 1. The largest absolute Gasteiger partial charge is 0.329 e. The summed E-state index contributed by atoms with van der Waals surface area (Å²) < 4.78 is 0. The van der Waals surface area contributed by atoms with Crippen LogP contribution < -0.4 is 5.56 Å². The number of rotatable bonds is 5. The summed E-state index contributed by atoms with van der Waals surface area (Å²) in [5.41, 5.74) is 2.38. The van der Waals surface area contributed by atoms with E-state index in [4.69, 9.17) is 0 Å². The van der Waals surface area contributed by atoms with E-state index in [0.717, 1.165) is 31.1 Å². The van der Waals surface area contributed by atoms with Crippen LogP contribution in [0.15, 0.2) is 53.5 Å². The molecular weight excluding hydrogens is 284 g/mol. The van der Waals surface area contributed by atoms with Crippen LogP contribution in [0.1, 0.15) is 43.2 Å². The third kappa shape index (κ3) is 4.32. The third-order valence-corrected chi connectivity index (χ3v) is 5.06. The van der Waals surface area contributed by atoms with Crippen LogP contribution in [0.4, 0.5) is 0 Å². The molecule has 1 atom stereocenters. The molecule has 122 valence electrons. The fourth-order valence-electron chi connectivity index (χ4n) is 3.62. The van der Waals surface area contributed by atoms with E-state index in [-0.39, 0.29) is 5.56 Å². The van der Waals surface area contributed by atoms with Gasteiger partial charge < -0.3 is 4.98 Å². The zero-order valence-corrected chi connectivity index (χ0v) is 13.9. The molecule has 0 radical (unpaired) electrons. The topological polar surface area (TPSA) is 36.1 Å². The first-order chi connectivity index (χ1) is 11.2. The van der Waals surface area contributed by atoms with Crippen LogP contribution in [0.2, 0.25) is 0 Å². The molecule has 1 aliphatic heterocycles. The summed E-state index contributed by atoms with van der Waals surface area (Å²) in [5, 5.41) is 0. The van der Waals surface area contributed by atoms with Gasteiger partial charge in [-0.25, -0.2) is 0 Å². The van der Waals surface area contributed by atoms with E-state index in [1.807, 2.05) is 12.1 Å². The zero-order chi connectivity index (χ0) is 16.1. The first-order valence-corrected chi connectivity index (χ1v) is 8.66. The molecule has 2 heterocycles. The number of likely N-dealkylation sites (tertiary alicyclic amines) is 1. The van der Waals surface area contributed by atoms with Crippen molar-refractivity contribution in [2.24, 2.45) is 5.92 Å². The predicted molar refractivity (Wildman–Crippen MR) is 94.5 cm³/mol. The Hall–Kier alpha value is -1.87. The molecule has 1 unspecified atom stereocenters. The molecule has 0 aliphatic carbocycles. The van der Waals surface area contributed by atoms with Gasteiger partial charge in [0.1, 0.15) is 0 Å². The van der Waals surface area contributed by atoms with Gasteiger partial charge in [-0.3, -0.25) is 9.69 Å². The maximum atomic E-state index is 11.8.